The fourth-order valence-corrected chi connectivity index (χ4v) is 5.04. The smallest absolute Gasteiger partial charge is 0.249 e. The number of halogens is 1. The minimum absolute atomic E-state index is 0.300. The Morgan fingerprint density at radius 3 is 2.78 bits per heavy atom. The number of carbonyl (C=O) groups is 1. The van der Waals surface area contributed by atoms with E-state index in [0.717, 1.165) is 16.1 Å². The van der Waals surface area contributed by atoms with Crippen LogP contribution in [0.5, 0.6) is 0 Å². The van der Waals surface area contributed by atoms with Gasteiger partial charge in [0.15, 0.2) is 4.34 Å². The molecule has 0 saturated heterocycles. The average molecular weight is 447 g/mol. The van der Waals surface area contributed by atoms with E-state index in [-0.39, 0.29) is 0 Å². The molecule has 0 aliphatic heterocycles. The van der Waals surface area contributed by atoms with E-state index in [1.54, 1.807) is 18.2 Å². The number of sulfonamides is 1. The molecule has 1 N–H and O–H groups in total. The number of aromatic nitrogens is 2. The van der Waals surface area contributed by atoms with Crippen molar-refractivity contribution in [2.45, 2.75) is 24.2 Å². The molecule has 2 rings (SSSR count). The summed E-state index contributed by atoms with van der Waals surface area (Å²) in [6.45, 7) is 6.94. The minimum atomic E-state index is -3.72. The number of rotatable bonds is 8. The average Bonchev–Trinajstić information content (AvgIpc) is 3.02. The summed E-state index contributed by atoms with van der Waals surface area (Å²) in [5.74, 6) is 0.156. The van der Waals surface area contributed by atoms with Crippen LogP contribution < -0.4 is 9.62 Å². The van der Waals surface area contributed by atoms with E-state index in [2.05, 4.69) is 22.1 Å². The van der Waals surface area contributed by atoms with E-state index in [4.69, 9.17) is 11.6 Å². The molecule has 0 bridgehead atoms. The van der Waals surface area contributed by atoms with Gasteiger partial charge in [-0.05, 0) is 31.5 Å². The summed E-state index contributed by atoms with van der Waals surface area (Å²) in [6, 6.07) is 3.83. The van der Waals surface area contributed by atoms with Gasteiger partial charge in [-0.1, -0.05) is 46.8 Å². The summed E-state index contributed by atoms with van der Waals surface area (Å²) in [5, 5.41) is 11.2. The number of hydrogen-bond donors (Lipinski definition) is 1. The lowest BCUT2D eigenvalue weighted by Crippen LogP contribution is -2.45. The zero-order valence-electron chi connectivity index (χ0n) is 15.0. The van der Waals surface area contributed by atoms with E-state index >= 15 is 0 Å². The third kappa shape index (κ3) is 5.68. The highest BCUT2D eigenvalue weighted by Crippen LogP contribution is 2.28. The standard InChI is InChI=1S/C16H19ClN4O3S3/c1-5-8-25-16-20-19-15(26-16)18-14(22)11(3)21(27(4,23)24)12-7-6-10(2)13(17)9-12/h5-7,9,11H,1,8H2,2-4H3,(H,18,19,22)/t11-/m0/s1. The van der Waals surface area contributed by atoms with Crippen molar-refractivity contribution < 1.29 is 13.2 Å². The monoisotopic (exact) mass is 446 g/mol. The number of thioether (sulfide) groups is 1. The van der Waals surface area contributed by atoms with Crippen LogP contribution in [0.2, 0.25) is 5.02 Å². The molecule has 0 fully saturated rings. The first kappa shape index (κ1) is 21.7. The Morgan fingerprint density at radius 1 is 1.48 bits per heavy atom. The zero-order chi connectivity index (χ0) is 20.2. The van der Waals surface area contributed by atoms with E-state index in [1.807, 2.05) is 6.92 Å². The summed E-state index contributed by atoms with van der Waals surface area (Å²) in [4.78, 5) is 12.6. The molecule has 1 amide bonds. The van der Waals surface area contributed by atoms with Gasteiger partial charge in [0.2, 0.25) is 21.1 Å². The number of nitrogens with zero attached hydrogens (tertiary/aromatic N) is 3. The second kappa shape index (κ2) is 9.05. The van der Waals surface area contributed by atoms with Gasteiger partial charge in [0.1, 0.15) is 6.04 Å². The van der Waals surface area contributed by atoms with Gasteiger partial charge in [-0.2, -0.15) is 0 Å². The van der Waals surface area contributed by atoms with E-state index in [9.17, 15) is 13.2 Å². The van der Waals surface area contributed by atoms with Crippen molar-refractivity contribution >= 4 is 61.4 Å². The Kier molecular flexibility index (Phi) is 7.26. The normalized spacial score (nSPS) is 12.4. The molecule has 0 radical (unpaired) electrons. The molecule has 11 heteroatoms. The van der Waals surface area contributed by atoms with Crippen LogP contribution >= 0.6 is 34.7 Å². The topological polar surface area (TPSA) is 92.3 Å². The van der Waals surface area contributed by atoms with E-state index in [1.165, 1.54) is 36.1 Å². The molecular formula is C16H19ClN4O3S3. The van der Waals surface area contributed by atoms with Crippen molar-refractivity contribution in [2.75, 3.05) is 21.6 Å². The summed E-state index contributed by atoms with van der Waals surface area (Å²) >= 11 is 8.77. The molecule has 0 saturated carbocycles. The highest BCUT2D eigenvalue weighted by Gasteiger charge is 2.30. The summed E-state index contributed by atoms with van der Waals surface area (Å²) in [5.41, 5.74) is 1.12. The maximum Gasteiger partial charge on any atom is 0.249 e. The number of amides is 1. The third-order valence-corrected chi connectivity index (χ3v) is 7.08. The van der Waals surface area contributed by atoms with Gasteiger partial charge in [-0.15, -0.1) is 16.8 Å². The van der Waals surface area contributed by atoms with Crippen LogP contribution in [0.4, 0.5) is 10.8 Å². The molecule has 1 aromatic carbocycles. The Balaban J connectivity index is 2.23. The largest absolute Gasteiger partial charge is 0.299 e. The van der Waals surface area contributed by atoms with Gasteiger partial charge in [0.05, 0.1) is 11.9 Å². The van der Waals surface area contributed by atoms with Crippen LogP contribution in [-0.4, -0.2) is 42.6 Å². The number of anilines is 2. The lowest BCUT2D eigenvalue weighted by atomic mass is 10.2. The lowest BCUT2D eigenvalue weighted by Gasteiger charge is -2.28. The minimum Gasteiger partial charge on any atom is -0.299 e. The van der Waals surface area contributed by atoms with Crippen molar-refractivity contribution in [1.29, 1.82) is 0 Å². The number of benzene rings is 1. The number of hydrogen-bond acceptors (Lipinski definition) is 7. The van der Waals surface area contributed by atoms with Crippen molar-refractivity contribution in [3.63, 3.8) is 0 Å². The molecule has 7 nitrogen and oxygen atoms in total. The molecule has 27 heavy (non-hydrogen) atoms. The van der Waals surface area contributed by atoms with E-state index < -0.39 is 22.0 Å². The van der Waals surface area contributed by atoms with Gasteiger partial charge in [0.25, 0.3) is 0 Å². The predicted octanol–water partition coefficient (Wildman–Crippen LogP) is 3.57. The lowest BCUT2D eigenvalue weighted by molar-refractivity contribution is -0.116. The predicted molar refractivity (Wildman–Crippen MR) is 112 cm³/mol. The van der Waals surface area contributed by atoms with Gasteiger partial charge in [0, 0.05) is 10.8 Å². The highest BCUT2D eigenvalue weighted by molar-refractivity contribution is 8.01. The zero-order valence-corrected chi connectivity index (χ0v) is 18.2. The van der Waals surface area contributed by atoms with Crippen LogP contribution in [0.25, 0.3) is 0 Å². The van der Waals surface area contributed by atoms with E-state index in [0.29, 0.717) is 25.9 Å². The maximum atomic E-state index is 12.6. The maximum absolute atomic E-state index is 12.6. The first-order valence-corrected chi connectivity index (χ1v) is 11.8. The molecule has 1 aromatic heterocycles. The fourth-order valence-electron chi connectivity index (χ4n) is 2.19. The van der Waals surface area contributed by atoms with Crippen molar-refractivity contribution in [2.24, 2.45) is 0 Å². The second-order valence-electron chi connectivity index (χ2n) is 5.63. The summed E-state index contributed by atoms with van der Waals surface area (Å²) in [7, 11) is -3.72. The SMILES string of the molecule is C=CCSc1nnc(NC(=O)[C@H](C)N(c2ccc(C)c(Cl)c2)S(C)(=O)=O)s1. The summed E-state index contributed by atoms with van der Waals surface area (Å²) in [6.07, 6.45) is 2.78. The molecular weight excluding hydrogens is 428 g/mol. The van der Waals surface area contributed by atoms with Gasteiger partial charge < -0.3 is 0 Å². The van der Waals surface area contributed by atoms with Crippen molar-refractivity contribution in [3.8, 4) is 0 Å². The van der Waals surface area contributed by atoms with Crippen LogP contribution in [0, 0.1) is 6.92 Å². The van der Waals surface area contributed by atoms with Crippen molar-refractivity contribution in [3.05, 3.63) is 41.4 Å². The Hall–Kier alpha value is -1.62. The first-order valence-electron chi connectivity index (χ1n) is 7.77. The molecule has 2 aromatic rings. The van der Waals surface area contributed by atoms with Crippen molar-refractivity contribution in [1.82, 2.24) is 10.2 Å². The number of nitrogens with one attached hydrogen (secondary N) is 1. The molecule has 0 unspecified atom stereocenters. The highest BCUT2D eigenvalue weighted by atomic mass is 35.5. The molecule has 0 aliphatic carbocycles. The quantitative estimate of drug-likeness (QED) is 0.378. The van der Waals surface area contributed by atoms with Gasteiger partial charge in [-0.3, -0.25) is 14.4 Å². The second-order valence-corrected chi connectivity index (χ2v) is 10.1. The first-order chi connectivity index (χ1) is 12.6. The fraction of sp³-hybridized carbons (Fsp3) is 0.312. The number of carbonyl (C=O) groups excluding carboxylic acids is 1. The molecule has 1 atom stereocenters. The molecule has 1 heterocycles. The third-order valence-electron chi connectivity index (χ3n) is 3.46. The van der Waals surface area contributed by atoms with Crippen LogP contribution in [0.1, 0.15) is 12.5 Å². The van der Waals surface area contributed by atoms with Gasteiger partial charge >= 0.3 is 0 Å². The van der Waals surface area contributed by atoms with Crippen LogP contribution in [-0.2, 0) is 14.8 Å². The molecule has 0 aliphatic rings. The Morgan fingerprint density at radius 2 is 2.19 bits per heavy atom. The van der Waals surface area contributed by atoms with Crippen LogP contribution in [0.3, 0.4) is 0 Å². The molecule has 146 valence electrons. The Labute approximate surface area is 171 Å². The van der Waals surface area contributed by atoms with Crippen LogP contribution in [0.15, 0.2) is 35.2 Å². The van der Waals surface area contributed by atoms with Gasteiger partial charge in [-0.25, -0.2) is 8.42 Å². The number of aryl methyl sites for hydroxylation is 1. The summed E-state index contributed by atoms with van der Waals surface area (Å²) < 4.78 is 26.3. The Bertz CT molecular complexity index is 946. The molecule has 0 spiro atoms.